The molecule has 8 heteroatoms. The van der Waals surface area contributed by atoms with Gasteiger partial charge in [-0.05, 0) is 61.4 Å². The van der Waals surface area contributed by atoms with E-state index in [0.29, 0.717) is 22.8 Å². The molecule has 4 aromatic rings. The second-order valence-corrected chi connectivity index (χ2v) is 10.1. The van der Waals surface area contributed by atoms with E-state index in [0.717, 1.165) is 48.4 Å². The Hall–Kier alpha value is -3.62. The van der Waals surface area contributed by atoms with E-state index in [4.69, 9.17) is 10.7 Å². The number of aromatic nitrogens is 3. The molecule has 0 bridgehead atoms. The summed E-state index contributed by atoms with van der Waals surface area (Å²) in [7, 11) is 0. The predicted molar refractivity (Wildman–Crippen MR) is 139 cm³/mol. The maximum absolute atomic E-state index is 14.5. The number of hydrogen-bond donors (Lipinski definition) is 3. The second kappa shape index (κ2) is 8.50. The first-order chi connectivity index (χ1) is 17.7. The number of fused-ring (bicyclic) bond motifs is 2. The van der Waals surface area contributed by atoms with Crippen molar-refractivity contribution in [2.75, 3.05) is 18.4 Å². The zero-order chi connectivity index (χ0) is 24.2. The number of aromatic amines is 1. The van der Waals surface area contributed by atoms with Gasteiger partial charge >= 0.3 is 0 Å². The van der Waals surface area contributed by atoms with E-state index in [-0.39, 0.29) is 18.0 Å². The fraction of sp³-hybridized carbons (Fsp3) is 0.321. The van der Waals surface area contributed by atoms with Crippen molar-refractivity contribution in [3.63, 3.8) is 0 Å². The third-order valence-corrected chi connectivity index (χ3v) is 7.58. The Balaban J connectivity index is 1.36. The largest absolute Gasteiger partial charge is 0.339 e. The van der Waals surface area contributed by atoms with Gasteiger partial charge in [-0.1, -0.05) is 12.1 Å². The first-order valence-electron chi connectivity index (χ1n) is 12.7. The molecule has 2 aliphatic heterocycles. The Labute approximate surface area is 208 Å². The van der Waals surface area contributed by atoms with Crippen molar-refractivity contribution in [1.29, 1.82) is 0 Å². The lowest BCUT2D eigenvalue weighted by Crippen LogP contribution is -2.45. The number of pyridine rings is 2. The lowest BCUT2D eigenvalue weighted by molar-refractivity contribution is 0.153. The van der Waals surface area contributed by atoms with Crippen LogP contribution in [0.4, 0.5) is 10.1 Å². The third kappa shape index (κ3) is 3.68. The number of halogens is 1. The number of rotatable bonds is 4. The minimum atomic E-state index is -0.271. The van der Waals surface area contributed by atoms with Gasteiger partial charge < -0.3 is 16.0 Å². The topological polar surface area (TPSA) is 95.2 Å². The number of benzene rings is 1. The molecular weight excluding hydrogens is 453 g/mol. The first-order valence-corrected chi connectivity index (χ1v) is 12.7. The standard InChI is InChI=1S/C28H28FN7/c29-22-6-2-1-5-19(22)23-12-20-18(9-10-32-26(20)33-23)27-34-24-14-31-13-21(16-7-8-16)25(24)28(35-27)36-11-3-4-17(30)15-36/h1-2,5-6,9-10,12-14,16-17,28H,3-4,7-8,11,15,30H2,(H,32,33)(H,34,35)/t17-,28?/m0/s1. The molecule has 1 aromatic carbocycles. The summed E-state index contributed by atoms with van der Waals surface area (Å²) in [5.74, 6) is 1.06. The Bertz CT molecular complexity index is 1490. The van der Waals surface area contributed by atoms with Crippen LogP contribution in [0.15, 0.2) is 60.0 Å². The Kier molecular flexibility index (Phi) is 5.11. The highest BCUT2D eigenvalue weighted by Gasteiger charge is 2.36. The smallest absolute Gasteiger partial charge is 0.138 e. The minimum absolute atomic E-state index is 0.116. The summed E-state index contributed by atoms with van der Waals surface area (Å²) < 4.78 is 14.5. The molecule has 1 saturated heterocycles. The van der Waals surface area contributed by atoms with Gasteiger partial charge in [0.25, 0.3) is 0 Å². The summed E-state index contributed by atoms with van der Waals surface area (Å²) in [4.78, 5) is 20.1. The van der Waals surface area contributed by atoms with Gasteiger partial charge in [-0.2, -0.15) is 0 Å². The van der Waals surface area contributed by atoms with Crippen molar-refractivity contribution in [2.45, 2.75) is 43.8 Å². The lowest BCUT2D eigenvalue weighted by atomic mass is 9.96. The monoisotopic (exact) mass is 481 g/mol. The fourth-order valence-corrected chi connectivity index (χ4v) is 5.66. The molecule has 182 valence electrons. The van der Waals surface area contributed by atoms with Crippen molar-refractivity contribution in [3.8, 4) is 11.3 Å². The zero-order valence-corrected chi connectivity index (χ0v) is 19.9. The van der Waals surface area contributed by atoms with Gasteiger partial charge in [0.15, 0.2) is 0 Å². The Morgan fingerprint density at radius 3 is 2.78 bits per heavy atom. The summed E-state index contributed by atoms with van der Waals surface area (Å²) >= 11 is 0. The summed E-state index contributed by atoms with van der Waals surface area (Å²) in [5.41, 5.74) is 12.8. The molecule has 3 aromatic heterocycles. The van der Waals surface area contributed by atoms with Gasteiger partial charge in [-0.25, -0.2) is 14.4 Å². The number of nitrogens with two attached hydrogens (primary N) is 1. The summed E-state index contributed by atoms with van der Waals surface area (Å²) in [6, 6.07) is 10.8. The van der Waals surface area contributed by atoms with Crippen LogP contribution in [0.3, 0.4) is 0 Å². The van der Waals surface area contributed by atoms with Gasteiger partial charge in [-0.3, -0.25) is 9.88 Å². The van der Waals surface area contributed by atoms with Gasteiger partial charge in [0.2, 0.25) is 0 Å². The number of aliphatic imine (C=N–C) groups is 1. The van der Waals surface area contributed by atoms with Crippen molar-refractivity contribution < 1.29 is 4.39 Å². The van der Waals surface area contributed by atoms with Crippen LogP contribution >= 0.6 is 0 Å². The number of H-pyrrole nitrogens is 1. The van der Waals surface area contributed by atoms with E-state index in [1.54, 1.807) is 18.3 Å². The van der Waals surface area contributed by atoms with E-state index >= 15 is 0 Å². The maximum atomic E-state index is 14.5. The molecule has 2 fully saturated rings. The first kappa shape index (κ1) is 21.6. The Morgan fingerprint density at radius 1 is 1.06 bits per heavy atom. The molecule has 3 aliphatic rings. The number of likely N-dealkylation sites (tertiary alicyclic amines) is 1. The normalized spacial score (nSPS) is 22.2. The highest BCUT2D eigenvalue weighted by molar-refractivity contribution is 6.16. The molecule has 4 N–H and O–H groups in total. The highest BCUT2D eigenvalue weighted by atomic mass is 19.1. The van der Waals surface area contributed by atoms with Crippen molar-refractivity contribution in [1.82, 2.24) is 19.9 Å². The van der Waals surface area contributed by atoms with Crippen molar-refractivity contribution in [3.05, 3.63) is 77.5 Å². The lowest BCUT2D eigenvalue weighted by Gasteiger charge is -2.39. The number of nitrogens with zero attached hydrogens (tertiary/aromatic N) is 4. The molecule has 2 atom stereocenters. The molecule has 0 amide bonds. The van der Waals surface area contributed by atoms with Gasteiger partial charge in [-0.15, -0.1) is 0 Å². The summed E-state index contributed by atoms with van der Waals surface area (Å²) in [6.07, 6.45) is 10.1. The average Bonchev–Trinajstić information content (AvgIpc) is 3.65. The molecule has 7 nitrogen and oxygen atoms in total. The average molecular weight is 482 g/mol. The Morgan fingerprint density at radius 2 is 1.94 bits per heavy atom. The van der Waals surface area contributed by atoms with Crippen LogP contribution in [0.1, 0.15) is 54.5 Å². The fourth-order valence-electron chi connectivity index (χ4n) is 5.66. The highest BCUT2D eigenvalue weighted by Crippen LogP contribution is 2.47. The van der Waals surface area contributed by atoms with Gasteiger partial charge in [0.1, 0.15) is 23.5 Å². The van der Waals surface area contributed by atoms with Crippen molar-refractivity contribution >= 4 is 22.6 Å². The van der Waals surface area contributed by atoms with Gasteiger partial charge in [0, 0.05) is 53.6 Å². The zero-order valence-electron chi connectivity index (χ0n) is 19.9. The summed E-state index contributed by atoms with van der Waals surface area (Å²) in [6.45, 7) is 1.79. The molecule has 1 saturated carbocycles. The molecule has 5 heterocycles. The molecule has 1 aliphatic carbocycles. The van der Waals surface area contributed by atoms with Crippen LogP contribution in [0.5, 0.6) is 0 Å². The molecule has 36 heavy (non-hydrogen) atoms. The maximum Gasteiger partial charge on any atom is 0.138 e. The minimum Gasteiger partial charge on any atom is -0.339 e. The number of anilines is 1. The van der Waals surface area contributed by atoms with Crippen LogP contribution < -0.4 is 11.1 Å². The molecular formula is C28H28FN7. The second-order valence-electron chi connectivity index (χ2n) is 10.1. The van der Waals surface area contributed by atoms with Crippen LogP contribution in [-0.4, -0.2) is 44.8 Å². The van der Waals surface area contributed by atoms with Crippen LogP contribution in [0, 0.1) is 5.82 Å². The quantitative estimate of drug-likeness (QED) is 0.384. The van der Waals surface area contributed by atoms with Crippen LogP contribution in [-0.2, 0) is 0 Å². The molecule has 0 spiro atoms. The number of hydrogen-bond acceptors (Lipinski definition) is 6. The SMILES string of the molecule is N[C@H]1CCCN(C2N=C(c3ccnc4[nH]c(-c5ccccc5F)cc34)Nc3cncc(C4CC4)c32)C1. The third-order valence-electron chi connectivity index (χ3n) is 7.58. The van der Waals surface area contributed by atoms with E-state index in [2.05, 4.69) is 25.2 Å². The van der Waals surface area contributed by atoms with E-state index in [1.165, 1.54) is 30.0 Å². The number of piperidine rings is 1. The number of nitrogens with one attached hydrogen (secondary N) is 2. The van der Waals surface area contributed by atoms with E-state index in [1.807, 2.05) is 30.6 Å². The van der Waals surface area contributed by atoms with Gasteiger partial charge in [0.05, 0.1) is 17.6 Å². The molecule has 7 rings (SSSR count). The van der Waals surface area contributed by atoms with E-state index in [9.17, 15) is 4.39 Å². The molecule has 0 radical (unpaired) electrons. The van der Waals surface area contributed by atoms with Crippen LogP contribution in [0.25, 0.3) is 22.3 Å². The van der Waals surface area contributed by atoms with Crippen LogP contribution in [0.2, 0.25) is 0 Å². The summed E-state index contributed by atoms with van der Waals surface area (Å²) in [5, 5.41) is 4.48. The number of amidine groups is 1. The van der Waals surface area contributed by atoms with Crippen molar-refractivity contribution in [2.24, 2.45) is 10.7 Å². The molecule has 1 unspecified atom stereocenters. The predicted octanol–water partition coefficient (Wildman–Crippen LogP) is 4.94. The van der Waals surface area contributed by atoms with E-state index < -0.39 is 0 Å².